The van der Waals surface area contributed by atoms with Crippen LogP contribution in [0.15, 0.2) is 0 Å². The van der Waals surface area contributed by atoms with Gasteiger partial charge in [-0.3, -0.25) is 9.59 Å². The number of rotatable bonds is 7. The molecular formula is C11H20N2O5. The summed E-state index contributed by atoms with van der Waals surface area (Å²) in [7, 11) is 1.44. The van der Waals surface area contributed by atoms with E-state index in [0.29, 0.717) is 32.8 Å². The summed E-state index contributed by atoms with van der Waals surface area (Å²) >= 11 is 0. The summed E-state index contributed by atoms with van der Waals surface area (Å²) in [6.07, 6.45) is 0.285. The van der Waals surface area contributed by atoms with Gasteiger partial charge in [0.1, 0.15) is 6.04 Å². The number of carboxylic acid groups (broad SMARTS) is 1. The maximum Gasteiger partial charge on any atom is 0.323 e. The lowest BCUT2D eigenvalue weighted by atomic mass is 10.2. The van der Waals surface area contributed by atoms with Crippen LogP contribution in [-0.4, -0.2) is 74.5 Å². The smallest absolute Gasteiger partial charge is 0.323 e. The lowest BCUT2D eigenvalue weighted by Gasteiger charge is -2.27. The highest BCUT2D eigenvalue weighted by atomic mass is 16.5. The molecule has 2 N–H and O–H groups in total. The van der Waals surface area contributed by atoms with Gasteiger partial charge in [-0.05, 0) is 0 Å². The van der Waals surface area contributed by atoms with E-state index in [1.165, 1.54) is 7.11 Å². The first-order valence-corrected chi connectivity index (χ1v) is 5.95. The average Bonchev–Trinajstić information content (AvgIpc) is 2.38. The number of carbonyl (C=O) groups excluding carboxylic acids is 1. The van der Waals surface area contributed by atoms with Crippen molar-refractivity contribution in [3.63, 3.8) is 0 Å². The van der Waals surface area contributed by atoms with Crippen molar-refractivity contribution in [3.05, 3.63) is 0 Å². The zero-order valence-corrected chi connectivity index (χ0v) is 10.6. The second kappa shape index (κ2) is 8.02. The van der Waals surface area contributed by atoms with E-state index in [1.54, 1.807) is 4.90 Å². The number of hydrogen-bond donors (Lipinski definition) is 2. The minimum absolute atomic E-state index is 0.0207. The molecule has 1 amide bonds. The summed E-state index contributed by atoms with van der Waals surface area (Å²) in [5.41, 5.74) is 0. The third-order valence-corrected chi connectivity index (χ3v) is 2.72. The monoisotopic (exact) mass is 260 g/mol. The molecule has 1 unspecified atom stereocenters. The van der Waals surface area contributed by atoms with Gasteiger partial charge in [-0.2, -0.15) is 0 Å². The van der Waals surface area contributed by atoms with Gasteiger partial charge in [0.05, 0.1) is 19.8 Å². The zero-order chi connectivity index (χ0) is 13.4. The van der Waals surface area contributed by atoms with Crippen LogP contribution in [0.25, 0.3) is 0 Å². The van der Waals surface area contributed by atoms with Crippen LogP contribution in [0.3, 0.4) is 0 Å². The molecular weight excluding hydrogens is 240 g/mol. The predicted molar refractivity (Wildman–Crippen MR) is 63.3 cm³/mol. The summed E-state index contributed by atoms with van der Waals surface area (Å²) < 4.78 is 9.94. The van der Waals surface area contributed by atoms with Gasteiger partial charge < -0.3 is 24.8 Å². The predicted octanol–water partition coefficient (Wildman–Crippen LogP) is -1.08. The van der Waals surface area contributed by atoms with E-state index in [0.717, 1.165) is 0 Å². The van der Waals surface area contributed by atoms with E-state index in [2.05, 4.69) is 5.32 Å². The first kappa shape index (κ1) is 14.9. The Hall–Kier alpha value is -1.18. The van der Waals surface area contributed by atoms with Crippen LogP contribution >= 0.6 is 0 Å². The van der Waals surface area contributed by atoms with Crippen LogP contribution in [0.2, 0.25) is 0 Å². The van der Waals surface area contributed by atoms with Gasteiger partial charge >= 0.3 is 5.97 Å². The van der Waals surface area contributed by atoms with Crippen LogP contribution in [0, 0.1) is 0 Å². The second-order valence-corrected chi connectivity index (χ2v) is 4.04. The Bertz CT molecular complexity index is 279. The fourth-order valence-electron chi connectivity index (χ4n) is 1.71. The van der Waals surface area contributed by atoms with E-state index >= 15 is 0 Å². The molecule has 1 atom stereocenters. The third kappa shape index (κ3) is 4.99. The number of hydrogen-bond acceptors (Lipinski definition) is 5. The number of methoxy groups -OCH3 is 1. The zero-order valence-electron chi connectivity index (χ0n) is 10.6. The Morgan fingerprint density at radius 2 is 2.11 bits per heavy atom. The van der Waals surface area contributed by atoms with Gasteiger partial charge in [0.2, 0.25) is 5.91 Å². The number of carboxylic acids is 1. The summed E-state index contributed by atoms with van der Waals surface area (Å²) in [6.45, 7) is 2.78. The Morgan fingerprint density at radius 3 is 2.67 bits per heavy atom. The molecule has 0 aromatic carbocycles. The van der Waals surface area contributed by atoms with Crippen LogP contribution in [0.5, 0.6) is 0 Å². The first-order chi connectivity index (χ1) is 8.65. The fourth-order valence-corrected chi connectivity index (χ4v) is 1.71. The fraction of sp³-hybridized carbons (Fsp3) is 0.818. The highest BCUT2D eigenvalue weighted by Gasteiger charge is 2.19. The van der Waals surface area contributed by atoms with Crippen molar-refractivity contribution in [2.24, 2.45) is 0 Å². The normalized spacial score (nSPS) is 17.5. The van der Waals surface area contributed by atoms with E-state index in [9.17, 15) is 9.59 Å². The van der Waals surface area contributed by atoms with E-state index in [4.69, 9.17) is 14.6 Å². The van der Waals surface area contributed by atoms with Crippen molar-refractivity contribution in [2.45, 2.75) is 12.5 Å². The highest BCUT2D eigenvalue weighted by Crippen LogP contribution is 1.99. The molecule has 0 radical (unpaired) electrons. The molecule has 104 valence electrons. The highest BCUT2D eigenvalue weighted by molar-refractivity contribution is 5.77. The Balaban J connectivity index is 2.22. The van der Waals surface area contributed by atoms with Crippen molar-refractivity contribution < 1.29 is 24.2 Å². The third-order valence-electron chi connectivity index (χ3n) is 2.72. The standard InChI is InChI=1S/C11H20N2O5/c1-17-8-9(11(15)16)12-3-2-10(14)13-4-6-18-7-5-13/h9,12H,2-8H2,1H3,(H,15,16). The molecule has 0 aromatic heterocycles. The maximum atomic E-state index is 11.8. The van der Waals surface area contributed by atoms with Gasteiger partial charge in [0.25, 0.3) is 0 Å². The Labute approximate surface area is 106 Å². The number of nitrogens with one attached hydrogen (secondary N) is 1. The lowest BCUT2D eigenvalue weighted by molar-refractivity contribution is -0.141. The first-order valence-electron chi connectivity index (χ1n) is 5.95. The van der Waals surface area contributed by atoms with Crippen LogP contribution < -0.4 is 5.32 Å². The van der Waals surface area contributed by atoms with Crippen molar-refractivity contribution in [1.29, 1.82) is 0 Å². The summed E-state index contributed by atoms with van der Waals surface area (Å²) in [5.74, 6) is -0.956. The summed E-state index contributed by atoms with van der Waals surface area (Å²) in [4.78, 5) is 24.3. The van der Waals surface area contributed by atoms with Gasteiger partial charge in [0.15, 0.2) is 0 Å². The molecule has 1 fully saturated rings. The Morgan fingerprint density at radius 1 is 1.44 bits per heavy atom. The van der Waals surface area contributed by atoms with Crippen molar-refractivity contribution >= 4 is 11.9 Å². The number of nitrogens with zero attached hydrogens (tertiary/aromatic N) is 1. The molecule has 7 nitrogen and oxygen atoms in total. The lowest BCUT2D eigenvalue weighted by Crippen LogP contribution is -2.44. The maximum absolute atomic E-state index is 11.8. The van der Waals surface area contributed by atoms with Gasteiger partial charge in [-0.25, -0.2) is 0 Å². The molecule has 1 heterocycles. The topological polar surface area (TPSA) is 88.1 Å². The molecule has 18 heavy (non-hydrogen) atoms. The molecule has 0 bridgehead atoms. The number of carbonyl (C=O) groups is 2. The molecule has 1 saturated heterocycles. The van der Waals surface area contributed by atoms with Gasteiger partial charge in [-0.15, -0.1) is 0 Å². The number of ether oxygens (including phenoxy) is 2. The second-order valence-electron chi connectivity index (χ2n) is 4.04. The average molecular weight is 260 g/mol. The van der Waals surface area contributed by atoms with Crippen LogP contribution in [0.1, 0.15) is 6.42 Å². The molecule has 1 aliphatic rings. The molecule has 0 spiro atoms. The van der Waals surface area contributed by atoms with E-state index in [1.807, 2.05) is 0 Å². The number of morpholine rings is 1. The van der Waals surface area contributed by atoms with Crippen LogP contribution in [0.4, 0.5) is 0 Å². The summed E-state index contributed by atoms with van der Waals surface area (Å²) in [5, 5.41) is 11.7. The molecule has 0 aliphatic carbocycles. The minimum Gasteiger partial charge on any atom is -0.480 e. The molecule has 1 aliphatic heterocycles. The largest absolute Gasteiger partial charge is 0.480 e. The van der Waals surface area contributed by atoms with Gasteiger partial charge in [0, 0.05) is 33.2 Å². The summed E-state index contributed by atoms with van der Waals surface area (Å²) in [6, 6.07) is -0.771. The molecule has 0 saturated carbocycles. The van der Waals surface area contributed by atoms with E-state index < -0.39 is 12.0 Å². The van der Waals surface area contributed by atoms with Crippen molar-refractivity contribution in [1.82, 2.24) is 10.2 Å². The van der Waals surface area contributed by atoms with E-state index in [-0.39, 0.29) is 18.9 Å². The minimum atomic E-state index is -0.976. The number of amides is 1. The molecule has 1 rings (SSSR count). The molecule has 7 heteroatoms. The number of aliphatic carboxylic acids is 1. The van der Waals surface area contributed by atoms with Crippen molar-refractivity contribution in [2.75, 3.05) is 46.6 Å². The van der Waals surface area contributed by atoms with Crippen LogP contribution in [-0.2, 0) is 19.1 Å². The molecule has 0 aromatic rings. The van der Waals surface area contributed by atoms with Crippen molar-refractivity contribution in [3.8, 4) is 0 Å². The van der Waals surface area contributed by atoms with Gasteiger partial charge in [-0.1, -0.05) is 0 Å². The quantitative estimate of drug-likeness (QED) is 0.605. The Kier molecular flexibility index (Phi) is 6.63. The SMILES string of the molecule is COCC(NCCC(=O)N1CCOCC1)C(=O)O.